The predicted octanol–water partition coefficient (Wildman–Crippen LogP) is 2.86. The van der Waals surface area contributed by atoms with Crippen LogP contribution in [0, 0.1) is 0 Å². The molecule has 0 unspecified atom stereocenters. The maximum Gasteiger partial charge on any atom is 0.437 e. The van der Waals surface area contributed by atoms with Crippen LogP contribution in [0.1, 0.15) is 25.0 Å². The summed E-state index contributed by atoms with van der Waals surface area (Å²) in [4.78, 5) is 24.3. The van der Waals surface area contributed by atoms with Gasteiger partial charge in [0.25, 0.3) is 5.89 Å². The first-order chi connectivity index (χ1) is 12.1. The van der Waals surface area contributed by atoms with E-state index in [-0.39, 0.29) is 18.3 Å². The molecule has 0 aliphatic carbocycles. The van der Waals surface area contributed by atoms with Crippen molar-refractivity contribution in [3.05, 3.63) is 58.3 Å². The highest BCUT2D eigenvalue weighted by molar-refractivity contribution is 5.92. The van der Waals surface area contributed by atoms with Gasteiger partial charge in [-0.15, -0.1) is 5.10 Å². The molecule has 130 valence electrons. The first-order valence-electron chi connectivity index (χ1n) is 8.14. The molecular weight excluding hydrogens is 322 g/mol. The lowest BCUT2D eigenvalue weighted by molar-refractivity contribution is -0.117. The number of furan rings is 1. The van der Waals surface area contributed by atoms with E-state index in [1.165, 1.54) is 6.26 Å². The van der Waals surface area contributed by atoms with Gasteiger partial charge in [-0.1, -0.05) is 32.0 Å². The minimum Gasteiger partial charge on any atom is -0.459 e. The van der Waals surface area contributed by atoms with E-state index in [1.54, 1.807) is 12.1 Å². The van der Waals surface area contributed by atoms with E-state index in [9.17, 15) is 9.59 Å². The number of carbonyl (C=O) groups excluding carboxylic acids is 1. The van der Waals surface area contributed by atoms with Crippen LogP contribution in [0.2, 0.25) is 0 Å². The lowest BCUT2D eigenvalue weighted by Crippen LogP contribution is -2.26. The summed E-state index contributed by atoms with van der Waals surface area (Å²) in [5.74, 6) is -0.662. The molecule has 0 aliphatic heterocycles. The van der Waals surface area contributed by atoms with E-state index in [2.05, 4.69) is 10.4 Å². The highest BCUT2D eigenvalue weighted by atomic mass is 16.4. The number of rotatable bonds is 6. The van der Waals surface area contributed by atoms with Gasteiger partial charge in [0.05, 0.1) is 6.26 Å². The SMILES string of the molecule is CCc1cccc(CC)c1NC(=O)Cn1nc(-c2ccco2)oc1=O. The van der Waals surface area contributed by atoms with Crippen LogP contribution in [0.4, 0.5) is 5.69 Å². The summed E-state index contributed by atoms with van der Waals surface area (Å²) in [5, 5.41) is 6.90. The van der Waals surface area contributed by atoms with Gasteiger partial charge in [-0.3, -0.25) is 4.79 Å². The third-order valence-electron chi connectivity index (χ3n) is 3.89. The van der Waals surface area contributed by atoms with Crippen molar-refractivity contribution in [3.63, 3.8) is 0 Å². The molecule has 0 saturated heterocycles. The van der Waals surface area contributed by atoms with Crippen LogP contribution >= 0.6 is 0 Å². The van der Waals surface area contributed by atoms with Gasteiger partial charge < -0.3 is 14.2 Å². The number of anilines is 1. The van der Waals surface area contributed by atoms with Crippen LogP contribution in [0.5, 0.6) is 0 Å². The lowest BCUT2D eigenvalue weighted by Gasteiger charge is -2.14. The van der Waals surface area contributed by atoms with Crippen molar-refractivity contribution in [2.24, 2.45) is 0 Å². The Balaban J connectivity index is 1.79. The number of benzene rings is 1. The molecule has 0 saturated carbocycles. The second-order valence-electron chi connectivity index (χ2n) is 5.51. The van der Waals surface area contributed by atoms with E-state index in [0.717, 1.165) is 34.3 Å². The Morgan fingerprint density at radius 1 is 1.16 bits per heavy atom. The van der Waals surface area contributed by atoms with Crippen molar-refractivity contribution in [2.75, 3.05) is 5.32 Å². The van der Waals surface area contributed by atoms with E-state index in [4.69, 9.17) is 8.83 Å². The zero-order chi connectivity index (χ0) is 17.8. The number of hydrogen-bond acceptors (Lipinski definition) is 5. The molecule has 1 amide bonds. The van der Waals surface area contributed by atoms with Crippen LogP contribution in [0.3, 0.4) is 0 Å². The zero-order valence-electron chi connectivity index (χ0n) is 14.1. The molecule has 7 nitrogen and oxygen atoms in total. The Morgan fingerprint density at radius 3 is 2.48 bits per heavy atom. The Bertz CT molecular complexity index is 900. The first kappa shape index (κ1) is 16.8. The molecular formula is C18H19N3O4. The maximum atomic E-state index is 12.4. The van der Waals surface area contributed by atoms with Gasteiger partial charge in [-0.05, 0) is 36.1 Å². The quantitative estimate of drug-likeness (QED) is 0.744. The minimum atomic E-state index is -0.707. The van der Waals surface area contributed by atoms with Gasteiger partial charge in [-0.2, -0.15) is 4.68 Å². The molecule has 0 spiro atoms. The molecule has 0 radical (unpaired) electrons. The Hall–Kier alpha value is -3.09. The lowest BCUT2D eigenvalue weighted by atomic mass is 10.0. The molecule has 0 atom stereocenters. The summed E-state index contributed by atoms with van der Waals surface area (Å²) in [6, 6.07) is 9.22. The fraction of sp³-hybridized carbons (Fsp3) is 0.278. The third kappa shape index (κ3) is 3.55. The highest BCUT2D eigenvalue weighted by Crippen LogP contribution is 2.22. The van der Waals surface area contributed by atoms with Crippen LogP contribution in [-0.4, -0.2) is 15.7 Å². The number of hydrogen-bond donors (Lipinski definition) is 1. The van der Waals surface area contributed by atoms with Crippen molar-refractivity contribution in [1.82, 2.24) is 9.78 Å². The monoisotopic (exact) mass is 341 g/mol. The molecule has 0 bridgehead atoms. The number of amides is 1. The molecule has 0 fully saturated rings. The maximum absolute atomic E-state index is 12.4. The van der Waals surface area contributed by atoms with Crippen LogP contribution in [0.15, 0.2) is 50.2 Å². The zero-order valence-corrected chi connectivity index (χ0v) is 14.1. The summed E-state index contributed by atoms with van der Waals surface area (Å²) >= 11 is 0. The standard InChI is InChI=1S/C18H19N3O4/c1-3-12-7-5-8-13(4-2)16(12)19-15(22)11-21-18(23)25-17(20-21)14-9-6-10-24-14/h5-10H,3-4,11H2,1-2H3,(H,19,22). The summed E-state index contributed by atoms with van der Waals surface area (Å²) in [7, 11) is 0. The average Bonchev–Trinajstić information content (AvgIpc) is 3.25. The molecule has 1 aromatic carbocycles. The topological polar surface area (TPSA) is 90.3 Å². The molecule has 3 aromatic rings. The van der Waals surface area contributed by atoms with Crippen molar-refractivity contribution >= 4 is 11.6 Å². The number of carbonyl (C=O) groups is 1. The number of nitrogens with zero attached hydrogens (tertiary/aromatic N) is 2. The number of aryl methyl sites for hydroxylation is 2. The van der Waals surface area contributed by atoms with Crippen molar-refractivity contribution in [1.29, 1.82) is 0 Å². The average molecular weight is 341 g/mol. The molecule has 0 aliphatic rings. The van der Waals surface area contributed by atoms with E-state index in [1.807, 2.05) is 32.0 Å². The molecule has 7 heteroatoms. The molecule has 25 heavy (non-hydrogen) atoms. The summed E-state index contributed by atoms with van der Waals surface area (Å²) in [6.07, 6.45) is 3.06. The van der Waals surface area contributed by atoms with Gasteiger partial charge in [0.2, 0.25) is 5.91 Å². The van der Waals surface area contributed by atoms with Crippen LogP contribution in [0.25, 0.3) is 11.7 Å². The smallest absolute Gasteiger partial charge is 0.437 e. The molecule has 2 aromatic heterocycles. The molecule has 1 N–H and O–H groups in total. The Kier molecular flexibility index (Phi) is 4.83. The van der Waals surface area contributed by atoms with E-state index < -0.39 is 5.76 Å². The van der Waals surface area contributed by atoms with Crippen LogP contribution in [-0.2, 0) is 24.2 Å². The second kappa shape index (κ2) is 7.21. The van der Waals surface area contributed by atoms with Crippen LogP contribution < -0.4 is 11.1 Å². The number of para-hydroxylation sites is 1. The second-order valence-corrected chi connectivity index (χ2v) is 5.51. The Morgan fingerprint density at radius 2 is 1.88 bits per heavy atom. The molecule has 2 heterocycles. The van der Waals surface area contributed by atoms with Gasteiger partial charge in [-0.25, -0.2) is 4.79 Å². The summed E-state index contributed by atoms with van der Waals surface area (Å²) in [6.45, 7) is 3.83. The molecule has 3 rings (SSSR count). The first-order valence-corrected chi connectivity index (χ1v) is 8.14. The van der Waals surface area contributed by atoms with E-state index in [0.29, 0.717) is 5.76 Å². The minimum absolute atomic E-state index is 0.0472. The predicted molar refractivity (Wildman–Crippen MR) is 92.3 cm³/mol. The van der Waals surface area contributed by atoms with Crippen molar-refractivity contribution < 1.29 is 13.6 Å². The third-order valence-corrected chi connectivity index (χ3v) is 3.89. The van der Waals surface area contributed by atoms with Gasteiger partial charge in [0.1, 0.15) is 6.54 Å². The van der Waals surface area contributed by atoms with Crippen molar-refractivity contribution in [3.8, 4) is 11.7 Å². The Labute approximate surface area is 144 Å². The summed E-state index contributed by atoms with van der Waals surface area (Å²) in [5.41, 5.74) is 2.91. The number of aromatic nitrogens is 2. The summed E-state index contributed by atoms with van der Waals surface area (Å²) < 4.78 is 11.1. The van der Waals surface area contributed by atoms with Gasteiger partial charge in [0.15, 0.2) is 5.76 Å². The highest BCUT2D eigenvalue weighted by Gasteiger charge is 2.16. The van der Waals surface area contributed by atoms with Crippen molar-refractivity contribution in [2.45, 2.75) is 33.2 Å². The fourth-order valence-corrected chi connectivity index (χ4v) is 2.62. The fourth-order valence-electron chi connectivity index (χ4n) is 2.62. The van der Waals surface area contributed by atoms with Gasteiger partial charge in [0, 0.05) is 5.69 Å². The van der Waals surface area contributed by atoms with E-state index >= 15 is 0 Å². The van der Waals surface area contributed by atoms with Gasteiger partial charge >= 0.3 is 5.76 Å². The normalized spacial score (nSPS) is 10.8. The largest absolute Gasteiger partial charge is 0.459 e. The number of nitrogens with one attached hydrogen (secondary N) is 1.